The van der Waals surface area contributed by atoms with E-state index in [1.54, 1.807) is 0 Å². The Bertz CT molecular complexity index is 383. The lowest BCUT2D eigenvalue weighted by Crippen LogP contribution is -1.93. The second kappa shape index (κ2) is 4.97. The predicted molar refractivity (Wildman–Crippen MR) is 69.9 cm³/mol. The first-order valence-corrected chi connectivity index (χ1v) is 5.51. The van der Waals surface area contributed by atoms with E-state index < -0.39 is 0 Å². The molecule has 0 aromatic heterocycles. The molecule has 80 valence electrons. The lowest BCUT2D eigenvalue weighted by molar-refractivity contribution is 0.917. The maximum absolute atomic E-state index is 4.02. The Balaban J connectivity index is 3.20. The predicted octanol–water partition coefficient (Wildman–Crippen LogP) is 4.71. The molecule has 1 aromatic rings. The van der Waals surface area contributed by atoms with Crippen molar-refractivity contribution in [3.8, 4) is 0 Å². The van der Waals surface area contributed by atoms with Gasteiger partial charge in [-0.25, -0.2) is 0 Å². The topological polar surface area (TPSA) is 0 Å². The summed E-state index contributed by atoms with van der Waals surface area (Å²) in [7, 11) is 0. The first kappa shape index (κ1) is 11.8. The van der Waals surface area contributed by atoms with Crippen LogP contribution in [0.2, 0.25) is 0 Å². The molecule has 0 unspecified atom stereocenters. The van der Waals surface area contributed by atoms with Gasteiger partial charge in [-0.15, -0.1) is 0 Å². The zero-order valence-electron chi connectivity index (χ0n) is 10.1. The van der Waals surface area contributed by atoms with Crippen molar-refractivity contribution in [1.82, 2.24) is 0 Å². The van der Waals surface area contributed by atoms with E-state index in [4.69, 9.17) is 0 Å². The third-order valence-corrected chi connectivity index (χ3v) is 2.58. The first-order valence-electron chi connectivity index (χ1n) is 5.51. The van der Waals surface area contributed by atoms with Crippen molar-refractivity contribution in [3.63, 3.8) is 0 Å². The van der Waals surface area contributed by atoms with Gasteiger partial charge in [-0.3, -0.25) is 0 Å². The van der Waals surface area contributed by atoms with Crippen LogP contribution in [0.4, 0.5) is 0 Å². The lowest BCUT2D eigenvalue weighted by atomic mass is 9.94. The average Bonchev–Trinajstić information content (AvgIpc) is 2.17. The molecule has 1 rings (SSSR count). The summed E-state index contributed by atoms with van der Waals surface area (Å²) in [6.07, 6.45) is 2.28. The zero-order chi connectivity index (χ0) is 11.4. The highest BCUT2D eigenvalue weighted by Gasteiger charge is 2.04. The number of hydrogen-bond acceptors (Lipinski definition) is 0. The van der Waals surface area contributed by atoms with Gasteiger partial charge in [-0.05, 0) is 37.0 Å². The quantitative estimate of drug-likeness (QED) is 0.660. The van der Waals surface area contributed by atoms with Crippen LogP contribution in [0.25, 0.3) is 11.1 Å². The molecule has 0 spiro atoms. The Morgan fingerprint density at radius 2 is 1.80 bits per heavy atom. The van der Waals surface area contributed by atoms with Gasteiger partial charge in [0.15, 0.2) is 0 Å². The normalized spacial score (nSPS) is 10.1. The minimum absolute atomic E-state index is 1.11. The van der Waals surface area contributed by atoms with Crippen molar-refractivity contribution in [2.45, 2.75) is 33.6 Å². The standard InChI is InChI=1S/C15H20/c1-6-7-14-10-13(11(2)3)8-9-15(14)12(4)5/h8-10H,2,4,6-7H2,1,3,5H3. The van der Waals surface area contributed by atoms with Crippen molar-refractivity contribution < 1.29 is 0 Å². The Labute approximate surface area is 93.3 Å². The Morgan fingerprint density at radius 1 is 1.13 bits per heavy atom. The highest BCUT2D eigenvalue weighted by molar-refractivity contribution is 5.69. The number of aryl methyl sites for hydroxylation is 1. The second-order valence-corrected chi connectivity index (χ2v) is 4.18. The van der Waals surface area contributed by atoms with Gasteiger partial charge in [-0.2, -0.15) is 0 Å². The van der Waals surface area contributed by atoms with Crippen molar-refractivity contribution in [2.24, 2.45) is 0 Å². The summed E-state index contributed by atoms with van der Waals surface area (Å²) >= 11 is 0. The summed E-state index contributed by atoms with van der Waals surface area (Å²) in [5.41, 5.74) is 6.20. The minimum atomic E-state index is 1.11. The third kappa shape index (κ3) is 2.82. The average molecular weight is 200 g/mol. The molecule has 1 aromatic carbocycles. The van der Waals surface area contributed by atoms with E-state index >= 15 is 0 Å². The minimum Gasteiger partial charge on any atom is -0.0955 e. The van der Waals surface area contributed by atoms with E-state index in [2.05, 4.69) is 45.2 Å². The molecule has 15 heavy (non-hydrogen) atoms. The van der Waals surface area contributed by atoms with Crippen LogP contribution in [0, 0.1) is 0 Å². The maximum atomic E-state index is 4.02. The molecule has 0 radical (unpaired) electrons. The van der Waals surface area contributed by atoms with Crippen LogP contribution in [-0.4, -0.2) is 0 Å². The molecule has 0 heterocycles. The van der Waals surface area contributed by atoms with Crippen molar-refractivity contribution in [3.05, 3.63) is 48.0 Å². The molecule has 0 saturated heterocycles. The number of benzene rings is 1. The molecule has 0 amide bonds. The van der Waals surface area contributed by atoms with E-state index in [0.29, 0.717) is 0 Å². The number of rotatable bonds is 4. The molecule has 0 aliphatic carbocycles. The number of allylic oxidation sites excluding steroid dienone is 2. The summed E-state index contributed by atoms with van der Waals surface area (Å²) in [5, 5.41) is 0. The second-order valence-electron chi connectivity index (χ2n) is 4.18. The van der Waals surface area contributed by atoms with Gasteiger partial charge in [0.2, 0.25) is 0 Å². The van der Waals surface area contributed by atoms with Gasteiger partial charge >= 0.3 is 0 Å². The van der Waals surface area contributed by atoms with Crippen LogP contribution >= 0.6 is 0 Å². The largest absolute Gasteiger partial charge is 0.0955 e. The summed E-state index contributed by atoms with van der Waals surface area (Å²) in [6, 6.07) is 6.54. The van der Waals surface area contributed by atoms with E-state index in [9.17, 15) is 0 Å². The molecule has 0 aliphatic rings. The van der Waals surface area contributed by atoms with E-state index in [1.165, 1.54) is 23.1 Å². The van der Waals surface area contributed by atoms with E-state index in [0.717, 1.165) is 17.6 Å². The fourth-order valence-electron chi connectivity index (χ4n) is 1.75. The summed E-state index contributed by atoms with van der Waals surface area (Å²) < 4.78 is 0. The van der Waals surface area contributed by atoms with Gasteiger partial charge in [-0.1, -0.05) is 55.8 Å². The van der Waals surface area contributed by atoms with Gasteiger partial charge in [0, 0.05) is 0 Å². The molecule has 0 heteroatoms. The number of hydrogen-bond donors (Lipinski definition) is 0. The van der Waals surface area contributed by atoms with Crippen LogP contribution in [-0.2, 0) is 6.42 Å². The molecule has 0 bridgehead atoms. The van der Waals surface area contributed by atoms with Crippen LogP contribution in [0.15, 0.2) is 31.4 Å². The van der Waals surface area contributed by atoms with Crippen LogP contribution in [0.3, 0.4) is 0 Å². The molecule has 0 atom stereocenters. The van der Waals surface area contributed by atoms with Crippen molar-refractivity contribution >= 4 is 11.1 Å². The first-order chi connectivity index (χ1) is 7.06. The third-order valence-electron chi connectivity index (χ3n) is 2.58. The molecule has 0 N–H and O–H groups in total. The van der Waals surface area contributed by atoms with Gasteiger partial charge in [0.25, 0.3) is 0 Å². The van der Waals surface area contributed by atoms with Crippen molar-refractivity contribution in [2.75, 3.05) is 0 Å². The fraction of sp³-hybridized carbons (Fsp3) is 0.333. The Morgan fingerprint density at radius 3 is 2.27 bits per heavy atom. The summed E-state index contributed by atoms with van der Waals surface area (Å²) in [5.74, 6) is 0. The summed E-state index contributed by atoms with van der Waals surface area (Å²) in [6.45, 7) is 14.3. The molecule has 0 saturated carbocycles. The van der Waals surface area contributed by atoms with Crippen LogP contribution in [0.1, 0.15) is 43.9 Å². The molecule has 0 nitrogen and oxygen atoms in total. The molecule has 0 aliphatic heterocycles. The summed E-state index contributed by atoms with van der Waals surface area (Å²) in [4.78, 5) is 0. The molecular weight excluding hydrogens is 180 g/mol. The highest BCUT2D eigenvalue weighted by Crippen LogP contribution is 2.23. The smallest absolute Gasteiger partial charge is 0.0201 e. The monoisotopic (exact) mass is 200 g/mol. The lowest BCUT2D eigenvalue weighted by Gasteiger charge is -2.11. The highest BCUT2D eigenvalue weighted by atomic mass is 14.1. The van der Waals surface area contributed by atoms with Gasteiger partial charge < -0.3 is 0 Å². The van der Waals surface area contributed by atoms with E-state index in [1.807, 2.05) is 6.92 Å². The van der Waals surface area contributed by atoms with Crippen LogP contribution < -0.4 is 0 Å². The Kier molecular flexibility index (Phi) is 3.90. The van der Waals surface area contributed by atoms with Gasteiger partial charge in [0.1, 0.15) is 0 Å². The van der Waals surface area contributed by atoms with E-state index in [-0.39, 0.29) is 0 Å². The van der Waals surface area contributed by atoms with Gasteiger partial charge in [0.05, 0.1) is 0 Å². The Hall–Kier alpha value is -1.30. The maximum Gasteiger partial charge on any atom is -0.0201 e. The molecule has 0 fully saturated rings. The SMILES string of the molecule is C=C(C)c1ccc(C(=C)C)c(CCC)c1. The molecular formula is C15H20. The van der Waals surface area contributed by atoms with Crippen molar-refractivity contribution in [1.29, 1.82) is 0 Å². The van der Waals surface area contributed by atoms with Crippen LogP contribution in [0.5, 0.6) is 0 Å². The fourth-order valence-corrected chi connectivity index (χ4v) is 1.75. The zero-order valence-corrected chi connectivity index (χ0v) is 10.1.